The summed E-state index contributed by atoms with van der Waals surface area (Å²) in [6.45, 7) is 1.73. The molecular weight excluding hydrogens is 258 g/mol. The minimum absolute atomic E-state index is 0.765. The molecule has 0 unspecified atom stereocenters. The Morgan fingerprint density at radius 1 is 0.667 bits per heavy atom. The van der Waals surface area contributed by atoms with E-state index < -0.39 is 0 Å². The highest BCUT2D eigenvalue weighted by Gasteiger charge is 2.00. The first-order valence-corrected chi connectivity index (χ1v) is 7.03. The summed E-state index contributed by atoms with van der Waals surface area (Å²) in [6, 6.07) is 20.6. The second kappa shape index (κ2) is 6.77. The molecule has 3 rings (SSSR count). The molecule has 1 N–H and O–H groups in total. The maximum atomic E-state index is 4.25. The number of nitrogens with zero attached hydrogens (tertiary/aromatic N) is 2. The zero-order valence-corrected chi connectivity index (χ0v) is 11.7. The molecule has 0 aliphatic heterocycles. The van der Waals surface area contributed by atoms with Crippen molar-refractivity contribution >= 4 is 0 Å². The first-order chi connectivity index (χ1) is 10.4. The van der Waals surface area contributed by atoms with E-state index in [4.69, 9.17) is 0 Å². The predicted octanol–water partition coefficient (Wildman–Crippen LogP) is 3.43. The van der Waals surface area contributed by atoms with Crippen molar-refractivity contribution in [3.8, 4) is 11.4 Å². The SMILES string of the molecule is c1ccc(CNCc2ccc(-c3ncccn3)cc2)cc1. The molecule has 0 aliphatic carbocycles. The van der Waals surface area contributed by atoms with Crippen LogP contribution in [0.15, 0.2) is 73.1 Å². The lowest BCUT2D eigenvalue weighted by molar-refractivity contribution is 0.693. The molecule has 3 heteroatoms. The van der Waals surface area contributed by atoms with Gasteiger partial charge in [-0.15, -0.1) is 0 Å². The Morgan fingerprint density at radius 2 is 1.29 bits per heavy atom. The monoisotopic (exact) mass is 275 g/mol. The van der Waals surface area contributed by atoms with Gasteiger partial charge in [0.05, 0.1) is 0 Å². The smallest absolute Gasteiger partial charge is 0.159 e. The van der Waals surface area contributed by atoms with Gasteiger partial charge < -0.3 is 5.32 Å². The largest absolute Gasteiger partial charge is 0.309 e. The number of hydrogen-bond donors (Lipinski definition) is 1. The Balaban J connectivity index is 1.58. The molecule has 21 heavy (non-hydrogen) atoms. The lowest BCUT2D eigenvalue weighted by Gasteiger charge is -2.06. The second-order valence-corrected chi connectivity index (χ2v) is 4.86. The summed E-state index contributed by atoms with van der Waals surface area (Å²) in [5.41, 5.74) is 3.60. The van der Waals surface area contributed by atoms with Crippen LogP contribution in [0.3, 0.4) is 0 Å². The Labute approximate surface area is 124 Å². The van der Waals surface area contributed by atoms with Crippen molar-refractivity contribution in [1.82, 2.24) is 15.3 Å². The van der Waals surface area contributed by atoms with Crippen molar-refractivity contribution in [3.63, 3.8) is 0 Å². The van der Waals surface area contributed by atoms with Crippen LogP contribution in [0.4, 0.5) is 0 Å². The Bertz CT molecular complexity index is 664. The normalized spacial score (nSPS) is 10.5. The minimum atomic E-state index is 0.765. The van der Waals surface area contributed by atoms with Gasteiger partial charge in [0.15, 0.2) is 5.82 Å². The fourth-order valence-corrected chi connectivity index (χ4v) is 2.17. The summed E-state index contributed by atoms with van der Waals surface area (Å²) in [4.78, 5) is 8.51. The third-order valence-electron chi connectivity index (χ3n) is 3.28. The maximum absolute atomic E-state index is 4.25. The fourth-order valence-electron chi connectivity index (χ4n) is 2.17. The standard InChI is InChI=1S/C18H17N3/c1-2-5-15(6-3-1)13-19-14-16-7-9-17(10-8-16)18-20-11-4-12-21-18/h1-12,19H,13-14H2. The Morgan fingerprint density at radius 3 is 1.95 bits per heavy atom. The number of rotatable bonds is 5. The number of hydrogen-bond acceptors (Lipinski definition) is 3. The van der Waals surface area contributed by atoms with Crippen LogP contribution < -0.4 is 5.32 Å². The van der Waals surface area contributed by atoms with E-state index in [2.05, 4.69) is 63.8 Å². The molecule has 0 atom stereocenters. The summed E-state index contributed by atoms with van der Waals surface area (Å²) in [7, 11) is 0. The van der Waals surface area contributed by atoms with E-state index in [0.717, 1.165) is 24.5 Å². The highest BCUT2D eigenvalue weighted by atomic mass is 14.9. The molecule has 3 nitrogen and oxygen atoms in total. The van der Waals surface area contributed by atoms with Crippen LogP contribution in [0.2, 0.25) is 0 Å². The molecule has 2 aromatic carbocycles. The Hall–Kier alpha value is -2.52. The van der Waals surface area contributed by atoms with E-state index in [0.29, 0.717) is 0 Å². The molecule has 3 aromatic rings. The van der Waals surface area contributed by atoms with Crippen LogP contribution in [0.1, 0.15) is 11.1 Å². The lowest BCUT2D eigenvalue weighted by atomic mass is 10.1. The molecule has 0 amide bonds. The van der Waals surface area contributed by atoms with E-state index in [1.54, 1.807) is 12.4 Å². The molecule has 0 bridgehead atoms. The quantitative estimate of drug-likeness (QED) is 0.775. The summed E-state index contributed by atoms with van der Waals surface area (Å²) in [5, 5.41) is 3.45. The molecule has 104 valence electrons. The summed E-state index contributed by atoms with van der Waals surface area (Å²) in [6.07, 6.45) is 3.52. The highest BCUT2D eigenvalue weighted by molar-refractivity contribution is 5.54. The molecule has 0 fully saturated rings. The van der Waals surface area contributed by atoms with E-state index in [1.807, 2.05) is 12.1 Å². The van der Waals surface area contributed by atoms with Crippen molar-refractivity contribution < 1.29 is 0 Å². The molecule has 0 saturated carbocycles. The van der Waals surface area contributed by atoms with Gasteiger partial charge in [-0.25, -0.2) is 9.97 Å². The van der Waals surface area contributed by atoms with E-state index in [1.165, 1.54) is 11.1 Å². The average molecular weight is 275 g/mol. The van der Waals surface area contributed by atoms with Crippen LogP contribution in [0.25, 0.3) is 11.4 Å². The van der Waals surface area contributed by atoms with Gasteiger partial charge >= 0.3 is 0 Å². The van der Waals surface area contributed by atoms with Gasteiger partial charge in [-0.1, -0.05) is 54.6 Å². The zero-order valence-electron chi connectivity index (χ0n) is 11.7. The van der Waals surface area contributed by atoms with E-state index in [9.17, 15) is 0 Å². The summed E-state index contributed by atoms with van der Waals surface area (Å²) in [5.74, 6) is 0.765. The number of benzene rings is 2. The second-order valence-electron chi connectivity index (χ2n) is 4.86. The van der Waals surface area contributed by atoms with Gasteiger partial charge in [0, 0.05) is 31.0 Å². The summed E-state index contributed by atoms with van der Waals surface area (Å²) >= 11 is 0. The van der Waals surface area contributed by atoms with Crippen molar-refractivity contribution in [2.24, 2.45) is 0 Å². The lowest BCUT2D eigenvalue weighted by Crippen LogP contribution is -2.12. The molecule has 0 saturated heterocycles. The van der Waals surface area contributed by atoms with Crippen LogP contribution in [-0.2, 0) is 13.1 Å². The van der Waals surface area contributed by atoms with Crippen molar-refractivity contribution in [2.45, 2.75) is 13.1 Å². The van der Waals surface area contributed by atoms with Crippen LogP contribution in [-0.4, -0.2) is 9.97 Å². The molecule has 0 spiro atoms. The maximum Gasteiger partial charge on any atom is 0.159 e. The van der Waals surface area contributed by atoms with Gasteiger partial charge in [0.25, 0.3) is 0 Å². The van der Waals surface area contributed by atoms with Crippen molar-refractivity contribution in [3.05, 3.63) is 84.2 Å². The van der Waals surface area contributed by atoms with E-state index >= 15 is 0 Å². The molecular formula is C18H17N3. The van der Waals surface area contributed by atoms with Crippen LogP contribution in [0, 0.1) is 0 Å². The first kappa shape index (κ1) is 13.5. The predicted molar refractivity (Wildman–Crippen MR) is 84.5 cm³/mol. The van der Waals surface area contributed by atoms with Gasteiger partial charge in [-0.2, -0.15) is 0 Å². The number of aromatic nitrogens is 2. The topological polar surface area (TPSA) is 37.8 Å². The third kappa shape index (κ3) is 3.74. The van der Waals surface area contributed by atoms with Gasteiger partial charge in [-0.05, 0) is 17.2 Å². The van der Waals surface area contributed by atoms with Gasteiger partial charge in [0.1, 0.15) is 0 Å². The highest BCUT2D eigenvalue weighted by Crippen LogP contribution is 2.14. The van der Waals surface area contributed by atoms with Gasteiger partial charge in [-0.3, -0.25) is 0 Å². The van der Waals surface area contributed by atoms with Crippen molar-refractivity contribution in [1.29, 1.82) is 0 Å². The zero-order chi connectivity index (χ0) is 14.3. The average Bonchev–Trinajstić information content (AvgIpc) is 2.57. The minimum Gasteiger partial charge on any atom is -0.309 e. The molecule has 1 aromatic heterocycles. The third-order valence-corrected chi connectivity index (χ3v) is 3.28. The van der Waals surface area contributed by atoms with Crippen molar-refractivity contribution in [2.75, 3.05) is 0 Å². The van der Waals surface area contributed by atoms with Crippen LogP contribution >= 0.6 is 0 Å². The molecule has 1 heterocycles. The Kier molecular flexibility index (Phi) is 4.34. The number of nitrogens with one attached hydrogen (secondary N) is 1. The molecule has 0 radical (unpaired) electrons. The van der Waals surface area contributed by atoms with Gasteiger partial charge in [0.2, 0.25) is 0 Å². The first-order valence-electron chi connectivity index (χ1n) is 7.03. The summed E-state index contributed by atoms with van der Waals surface area (Å²) < 4.78 is 0. The molecule has 0 aliphatic rings. The van der Waals surface area contributed by atoms with Crippen LogP contribution in [0.5, 0.6) is 0 Å². The van der Waals surface area contributed by atoms with E-state index in [-0.39, 0.29) is 0 Å². The fraction of sp³-hybridized carbons (Fsp3) is 0.111.